The molecule has 0 aliphatic carbocycles. The molecule has 0 bridgehead atoms. The third kappa shape index (κ3) is 3.56. The van der Waals surface area contributed by atoms with Gasteiger partial charge in [-0.3, -0.25) is 4.57 Å². The van der Waals surface area contributed by atoms with Gasteiger partial charge in [-0.05, 0) is 42.8 Å². The smallest absolute Gasteiger partial charge is 0.252 e. The van der Waals surface area contributed by atoms with Crippen molar-refractivity contribution in [2.75, 3.05) is 5.01 Å². The van der Waals surface area contributed by atoms with Crippen LogP contribution in [0.3, 0.4) is 0 Å². The summed E-state index contributed by atoms with van der Waals surface area (Å²) in [5.74, 6) is 1.48. The average Bonchev–Trinajstić information content (AvgIpc) is 3.51. The maximum Gasteiger partial charge on any atom is 0.252 e. The van der Waals surface area contributed by atoms with Crippen LogP contribution < -0.4 is 5.01 Å². The molecule has 7 nitrogen and oxygen atoms in total. The van der Waals surface area contributed by atoms with Crippen molar-refractivity contribution in [3.05, 3.63) is 119 Å². The van der Waals surface area contributed by atoms with Crippen molar-refractivity contribution in [2.24, 2.45) is 5.10 Å². The highest BCUT2D eigenvalue weighted by Gasteiger charge is 2.26. The minimum atomic E-state index is 0.535. The first-order valence-corrected chi connectivity index (χ1v) is 11.3. The van der Waals surface area contributed by atoms with E-state index in [0.717, 1.165) is 39.6 Å². The Morgan fingerprint density at radius 1 is 0.882 bits per heavy atom. The number of aromatic nitrogens is 5. The fourth-order valence-electron chi connectivity index (χ4n) is 4.17. The van der Waals surface area contributed by atoms with Crippen LogP contribution in [0.25, 0.3) is 11.4 Å². The number of imidazole rings is 1. The quantitative estimate of drug-likeness (QED) is 0.366. The first-order chi connectivity index (χ1) is 16.7. The normalized spacial score (nSPS) is 12.6. The lowest BCUT2D eigenvalue weighted by Crippen LogP contribution is -2.20. The van der Waals surface area contributed by atoms with Crippen molar-refractivity contribution in [1.29, 1.82) is 0 Å². The Bertz CT molecular complexity index is 1480. The van der Waals surface area contributed by atoms with Gasteiger partial charge >= 0.3 is 0 Å². The maximum atomic E-state index is 6.17. The van der Waals surface area contributed by atoms with Crippen molar-refractivity contribution < 1.29 is 0 Å². The van der Waals surface area contributed by atoms with Crippen LogP contribution in [0.5, 0.6) is 0 Å². The van der Waals surface area contributed by atoms with E-state index in [-0.39, 0.29) is 0 Å². The van der Waals surface area contributed by atoms with E-state index < -0.39 is 0 Å². The second kappa shape index (κ2) is 8.28. The summed E-state index contributed by atoms with van der Waals surface area (Å²) in [5, 5.41) is 16.6. The molecule has 1 aliphatic rings. The van der Waals surface area contributed by atoms with E-state index in [2.05, 4.69) is 56.1 Å². The SMILES string of the molecule is Cc1nnc2n1-c1ccccc1C(c1ccc(Cl)cc1)=NN2Cc1ccc(-n2ccnc2)cc1. The van der Waals surface area contributed by atoms with Crippen LogP contribution in [-0.4, -0.2) is 30.0 Å². The van der Waals surface area contributed by atoms with E-state index in [1.54, 1.807) is 12.5 Å². The Labute approximate surface area is 201 Å². The van der Waals surface area contributed by atoms with E-state index >= 15 is 0 Å². The molecule has 0 amide bonds. The highest BCUT2D eigenvalue weighted by molar-refractivity contribution is 6.30. The van der Waals surface area contributed by atoms with E-state index in [9.17, 15) is 0 Å². The van der Waals surface area contributed by atoms with Crippen molar-refractivity contribution in [3.8, 4) is 11.4 Å². The van der Waals surface area contributed by atoms with Gasteiger partial charge in [0.25, 0.3) is 5.95 Å². The summed E-state index contributed by atoms with van der Waals surface area (Å²) in [6, 6.07) is 24.3. The van der Waals surface area contributed by atoms with Gasteiger partial charge in [0.1, 0.15) is 11.5 Å². The van der Waals surface area contributed by atoms with Gasteiger partial charge in [0.05, 0.1) is 18.6 Å². The summed E-state index contributed by atoms with van der Waals surface area (Å²) < 4.78 is 4.03. The van der Waals surface area contributed by atoms with Gasteiger partial charge in [-0.2, -0.15) is 5.10 Å². The van der Waals surface area contributed by atoms with Crippen LogP contribution in [0.15, 0.2) is 96.6 Å². The molecule has 2 aromatic heterocycles. The number of anilines is 1. The molecular formula is C26H20ClN7. The standard InChI is InChI=1S/C26H20ClN7/c1-18-29-30-26-33(16-19-6-12-22(13-7-19)32-15-14-28-17-32)31-25(20-8-10-21(27)11-9-20)23-4-2-3-5-24(23)34(18)26/h2-15,17H,16H2,1H3. The predicted octanol–water partition coefficient (Wildman–Crippen LogP) is 5.19. The zero-order valence-corrected chi connectivity index (χ0v) is 19.1. The van der Waals surface area contributed by atoms with E-state index in [1.807, 2.05) is 59.1 Å². The molecule has 0 atom stereocenters. The van der Waals surface area contributed by atoms with Crippen LogP contribution in [0.4, 0.5) is 5.95 Å². The molecule has 0 radical (unpaired) electrons. The van der Waals surface area contributed by atoms with Gasteiger partial charge in [-0.15, -0.1) is 10.2 Å². The molecule has 166 valence electrons. The molecule has 1 aliphatic heterocycles. The number of hydrogen-bond donors (Lipinski definition) is 0. The van der Waals surface area contributed by atoms with Crippen molar-refractivity contribution >= 4 is 23.3 Å². The average molecular weight is 466 g/mol. The highest BCUT2D eigenvalue weighted by Crippen LogP contribution is 2.30. The summed E-state index contributed by atoms with van der Waals surface area (Å²) in [6.07, 6.45) is 5.48. The molecule has 0 saturated heterocycles. The molecule has 3 aromatic carbocycles. The number of hydrogen-bond acceptors (Lipinski definition) is 5. The molecule has 0 spiro atoms. The topological polar surface area (TPSA) is 64.1 Å². The van der Waals surface area contributed by atoms with Crippen LogP contribution in [0.2, 0.25) is 5.02 Å². The van der Waals surface area contributed by atoms with Gasteiger partial charge in [-0.25, -0.2) is 9.99 Å². The molecular weight excluding hydrogens is 446 g/mol. The van der Waals surface area contributed by atoms with Gasteiger partial charge in [0.2, 0.25) is 0 Å². The summed E-state index contributed by atoms with van der Waals surface area (Å²) in [4.78, 5) is 4.13. The van der Waals surface area contributed by atoms with Crippen LogP contribution in [0.1, 0.15) is 22.5 Å². The molecule has 3 heterocycles. The summed E-state index contributed by atoms with van der Waals surface area (Å²) in [7, 11) is 0. The number of halogens is 1. The Balaban J connectivity index is 1.46. The molecule has 8 heteroatoms. The Hall–Kier alpha value is -4.23. The number of para-hydroxylation sites is 1. The Kier molecular flexibility index (Phi) is 4.96. The number of aryl methyl sites for hydroxylation is 1. The Morgan fingerprint density at radius 3 is 2.44 bits per heavy atom. The lowest BCUT2D eigenvalue weighted by atomic mass is 10.0. The van der Waals surface area contributed by atoms with Crippen LogP contribution >= 0.6 is 11.6 Å². The zero-order valence-electron chi connectivity index (χ0n) is 18.4. The summed E-state index contributed by atoms with van der Waals surface area (Å²) in [6.45, 7) is 2.49. The molecule has 34 heavy (non-hydrogen) atoms. The number of benzene rings is 3. The molecule has 0 fully saturated rings. The minimum Gasteiger partial charge on any atom is -0.306 e. The summed E-state index contributed by atoms with van der Waals surface area (Å²) in [5.41, 5.74) is 5.98. The monoisotopic (exact) mass is 465 g/mol. The van der Waals surface area contributed by atoms with Gasteiger partial charge in [-0.1, -0.05) is 54.1 Å². The number of fused-ring (bicyclic) bond motifs is 3. The minimum absolute atomic E-state index is 0.535. The molecule has 0 saturated carbocycles. The third-order valence-corrected chi connectivity index (χ3v) is 6.10. The number of rotatable bonds is 4. The van der Waals surface area contributed by atoms with Gasteiger partial charge in [0, 0.05) is 34.2 Å². The third-order valence-electron chi connectivity index (χ3n) is 5.85. The van der Waals surface area contributed by atoms with E-state index in [0.29, 0.717) is 17.5 Å². The van der Waals surface area contributed by atoms with Gasteiger partial charge in [0.15, 0.2) is 0 Å². The second-order valence-corrected chi connectivity index (χ2v) is 8.49. The van der Waals surface area contributed by atoms with E-state index in [4.69, 9.17) is 16.7 Å². The van der Waals surface area contributed by atoms with Crippen molar-refractivity contribution in [3.63, 3.8) is 0 Å². The first kappa shape index (κ1) is 20.4. The first-order valence-electron chi connectivity index (χ1n) is 10.9. The molecule has 6 rings (SSSR count). The summed E-state index contributed by atoms with van der Waals surface area (Å²) >= 11 is 6.17. The number of hydrazone groups is 1. The Morgan fingerprint density at radius 2 is 1.68 bits per heavy atom. The molecule has 0 N–H and O–H groups in total. The molecule has 5 aromatic rings. The van der Waals surface area contributed by atoms with Gasteiger partial charge < -0.3 is 4.57 Å². The number of nitrogens with zero attached hydrogens (tertiary/aromatic N) is 7. The largest absolute Gasteiger partial charge is 0.306 e. The highest BCUT2D eigenvalue weighted by atomic mass is 35.5. The second-order valence-electron chi connectivity index (χ2n) is 8.05. The molecule has 0 unspecified atom stereocenters. The predicted molar refractivity (Wildman–Crippen MR) is 133 cm³/mol. The zero-order chi connectivity index (χ0) is 23.1. The van der Waals surface area contributed by atoms with Crippen molar-refractivity contribution in [2.45, 2.75) is 13.5 Å². The lowest BCUT2D eigenvalue weighted by molar-refractivity contribution is 0.796. The van der Waals surface area contributed by atoms with E-state index in [1.165, 1.54) is 0 Å². The fraction of sp³-hybridized carbons (Fsp3) is 0.0769. The fourth-order valence-corrected chi connectivity index (χ4v) is 4.30. The van der Waals surface area contributed by atoms with Crippen molar-refractivity contribution in [1.82, 2.24) is 24.3 Å². The lowest BCUT2D eigenvalue weighted by Gasteiger charge is -2.18. The van der Waals surface area contributed by atoms with Crippen LogP contribution in [0, 0.1) is 6.92 Å². The maximum absolute atomic E-state index is 6.17. The van der Waals surface area contributed by atoms with Crippen LogP contribution in [-0.2, 0) is 6.54 Å².